The van der Waals surface area contributed by atoms with E-state index in [4.69, 9.17) is 4.74 Å². The second kappa shape index (κ2) is 4.67. The van der Waals surface area contributed by atoms with E-state index in [1.165, 1.54) is 17.5 Å². The van der Waals surface area contributed by atoms with Crippen molar-refractivity contribution in [3.8, 4) is 5.75 Å². The van der Waals surface area contributed by atoms with E-state index in [0.717, 1.165) is 25.9 Å². The Morgan fingerprint density at radius 3 is 3.13 bits per heavy atom. The summed E-state index contributed by atoms with van der Waals surface area (Å²) in [4.78, 5) is 0. The molecule has 0 radical (unpaired) electrons. The number of fused-ring (bicyclic) bond motifs is 1. The van der Waals surface area contributed by atoms with Crippen LogP contribution in [0.4, 0.5) is 0 Å². The summed E-state index contributed by atoms with van der Waals surface area (Å²) < 4.78 is 5.83. The maximum absolute atomic E-state index is 9.36. The lowest BCUT2D eigenvalue weighted by atomic mass is 10.1. The van der Waals surface area contributed by atoms with E-state index in [-0.39, 0.29) is 6.10 Å². The monoisotopic (exact) mass is 206 g/mol. The SMILES string of the molecule is CCCCOC1CCc2cc(O)ccc21. The molecule has 0 fully saturated rings. The smallest absolute Gasteiger partial charge is 0.115 e. The van der Waals surface area contributed by atoms with Crippen molar-refractivity contribution in [2.24, 2.45) is 0 Å². The molecule has 0 heterocycles. The van der Waals surface area contributed by atoms with Gasteiger partial charge >= 0.3 is 0 Å². The van der Waals surface area contributed by atoms with Gasteiger partial charge in [0.2, 0.25) is 0 Å². The van der Waals surface area contributed by atoms with Gasteiger partial charge in [0, 0.05) is 6.61 Å². The van der Waals surface area contributed by atoms with Crippen molar-refractivity contribution in [2.75, 3.05) is 6.61 Å². The lowest BCUT2D eigenvalue weighted by molar-refractivity contribution is 0.0520. The molecule has 15 heavy (non-hydrogen) atoms. The molecule has 0 aromatic heterocycles. The lowest BCUT2D eigenvalue weighted by Gasteiger charge is -2.12. The van der Waals surface area contributed by atoms with Gasteiger partial charge in [-0.1, -0.05) is 19.4 Å². The average Bonchev–Trinajstić information content (AvgIpc) is 2.61. The van der Waals surface area contributed by atoms with Crippen molar-refractivity contribution >= 4 is 0 Å². The van der Waals surface area contributed by atoms with Gasteiger partial charge in [0.25, 0.3) is 0 Å². The molecule has 0 aliphatic heterocycles. The molecular weight excluding hydrogens is 188 g/mol. The van der Waals surface area contributed by atoms with E-state index >= 15 is 0 Å². The van der Waals surface area contributed by atoms with Gasteiger partial charge in [0.15, 0.2) is 0 Å². The predicted octanol–water partition coefficient (Wildman–Crippen LogP) is 3.20. The molecule has 0 amide bonds. The quantitative estimate of drug-likeness (QED) is 0.766. The molecule has 0 bridgehead atoms. The third-order valence-electron chi connectivity index (χ3n) is 2.97. The molecule has 0 saturated carbocycles. The molecule has 1 N–H and O–H groups in total. The highest BCUT2D eigenvalue weighted by atomic mass is 16.5. The van der Waals surface area contributed by atoms with Crippen molar-refractivity contribution in [1.82, 2.24) is 0 Å². The lowest BCUT2D eigenvalue weighted by Crippen LogP contribution is -2.01. The summed E-state index contributed by atoms with van der Waals surface area (Å²) in [5, 5.41) is 9.36. The summed E-state index contributed by atoms with van der Waals surface area (Å²) in [7, 11) is 0. The van der Waals surface area contributed by atoms with Crippen LogP contribution < -0.4 is 0 Å². The Hall–Kier alpha value is -1.02. The standard InChI is InChI=1S/C13H18O2/c1-2-3-8-15-13-7-4-10-9-11(14)5-6-12(10)13/h5-6,9,13-14H,2-4,7-8H2,1H3. The minimum Gasteiger partial charge on any atom is -0.508 e. The van der Waals surface area contributed by atoms with E-state index < -0.39 is 0 Å². The molecule has 1 aliphatic carbocycles. The fourth-order valence-corrected chi connectivity index (χ4v) is 2.11. The van der Waals surface area contributed by atoms with Gasteiger partial charge in [-0.05, 0) is 42.5 Å². The van der Waals surface area contributed by atoms with Crippen LogP contribution in [0.15, 0.2) is 18.2 Å². The van der Waals surface area contributed by atoms with E-state index in [9.17, 15) is 5.11 Å². The molecule has 1 aliphatic rings. The highest BCUT2D eigenvalue weighted by molar-refractivity contribution is 5.39. The summed E-state index contributed by atoms with van der Waals surface area (Å²) >= 11 is 0. The van der Waals surface area contributed by atoms with E-state index in [0.29, 0.717) is 5.75 Å². The summed E-state index contributed by atoms with van der Waals surface area (Å²) in [6.45, 7) is 3.02. The molecule has 1 aromatic carbocycles. The topological polar surface area (TPSA) is 29.5 Å². The van der Waals surface area contributed by atoms with Gasteiger partial charge in [0.05, 0.1) is 6.10 Å². The number of rotatable bonds is 4. The number of benzene rings is 1. The van der Waals surface area contributed by atoms with Gasteiger partial charge < -0.3 is 9.84 Å². The fraction of sp³-hybridized carbons (Fsp3) is 0.538. The van der Waals surface area contributed by atoms with Crippen molar-refractivity contribution in [1.29, 1.82) is 0 Å². The summed E-state index contributed by atoms with van der Waals surface area (Å²) in [5.41, 5.74) is 2.51. The first-order valence-corrected chi connectivity index (χ1v) is 5.74. The Balaban J connectivity index is 2.02. The molecule has 2 rings (SSSR count). The van der Waals surface area contributed by atoms with Crippen molar-refractivity contribution in [3.05, 3.63) is 29.3 Å². The fourth-order valence-electron chi connectivity index (χ4n) is 2.11. The Morgan fingerprint density at radius 2 is 2.33 bits per heavy atom. The number of phenols is 1. The molecule has 1 atom stereocenters. The second-order valence-electron chi connectivity index (χ2n) is 4.13. The maximum Gasteiger partial charge on any atom is 0.115 e. The van der Waals surface area contributed by atoms with Crippen LogP contribution in [-0.2, 0) is 11.2 Å². The molecule has 2 heteroatoms. The molecule has 82 valence electrons. The number of phenolic OH excluding ortho intramolecular Hbond substituents is 1. The minimum absolute atomic E-state index is 0.257. The first-order chi connectivity index (χ1) is 7.31. The van der Waals surface area contributed by atoms with Gasteiger partial charge in [-0.2, -0.15) is 0 Å². The van der Waals surface area contributed by atoms with Gasteiger partial charge in [-0.25, -0.2) is 0 Å². The van der Waals surface area contributed by atoms with Gasteiger partial charge in [-0.15, -0.1) is 0 Å². The second-order valence-corrected chi connectivity index (χ2v) is 4.13. The number of hydrogen-bond acceptors (Lipinski definition) is 2. The molecule has 1 unspecified atom stereocenters. The Labute approximate surface area is 90.9 Å². The Bertz CT molecular complexity index is 333. The summed E-state index contributed by atoms with van der Waals surface area (Å²) in [6.07, 6.45) is 4.65. The Kier molecular flexibility index (Phi) is 3.27. The highest BCUT2D eigenvalue weighted by Crippen LogP contribution is 2.35. The zero-order valence-corrected chi connectivity index (χ0v) is 9.20. The number of aromatic hydroxyl groups is 1. The number of aryl methyl sites for hydroxylation is 1. The van der Waals surface area contributed by atoms with Crippen LogP contribution in [0.5, 0.6) is 5.75 Å². The third kappa shape index (κ3) is 2.32. The van der Waals surface area contributed by atoms with Crippen LogP contribution in [0.1, 0.15) is 43.4 Å². The van der Waals surface area contributed by atoms with E-state index in [1.54, 1.807) is 6.07 Å². The normalized spacial score (nSPS) is 19.1. The zero-order valence-electron chi connectivity index (χ0n) is 9.20. The Morgan fingerprint density at radius 1 is 1.47 bits per heavy atom. The van der Waals surface area contributed by atoms with Crippen LogP contribution >= 0.6 is 0 Å². The molecular formula is C13H18O2. The van der Waals surface area contributed by atoms with Crippen LogP contribution in [-0.4, -0.2) is 11.7 Å². The number of hydrogen-bond donors (Lipinski definition) is 1. The summed E-state index contributed by atoms with van der Waals surface area (Å²) in [5.74, 6) is 0.364. The molecule has 0 spiro atoms. The van der Waals surface area contributed by atoms with E-state index in [2.05, 4.69) is 6.92 Å². The van der Waals surface area contributed by atoms with Gasteiger partial charge in [-0.3, -0.25) is 0 Å². The van der Waals surface area contributed by atoms with E-state index in [1.807, 2.05) is 12.1 Å². The third-order valence-corrected chi connectivity index (χ3v) is 2.97. The maximum atomic E-state index is 9.36. The molecule has 2 nitrogen and oxygen atoms in total. The minimum atomic E-state index is 0.257. The van der Waals surface area contributed by atoms with Crippen molar-refractivity contribution in [2.45, 2.75) is 38.7 Å². The van der Waals surface area contributed by atoms with Crippen LogP contribution in [0.25, 0.3) is 0 Å². The van der Waals surface area contributed by atoms with Crippen LogP contribution in [0, 0.1) is 0 Å². The van der Waals surface area contributed by atoms with Crippen molar-refractivity contribution < 1.29 is 9.84 Å². The molecule has 0 saturated heterocycles. The predicted molar refractivity (Wildman–Crippen MR) is 60.0 cm³/mol. The largest absolute Gasteiger partial charge is 0.508 e. The number of ether oxygens (including phenoxy) is 1. The average molecular weight is 206 g/mol. The zero-order chi connectivity index (χ0) is 10.7. The molecule has 1 aromatic rings. The first-order valence-electron chi connectivity index (χ1n) is 5.74. The first kappa shape index (κ1) is 10.5. The van der Waals surface area contributed by atoms with Gasteiger partial charge in [0.1, 0.15) is 5.75 Å². The highest BCUT2D eigenvalue weighted by Gasteiger charge is 2.22. The van der Waals surface area contributed by atoms with Crippen molar-refractivity contribution in [3.63, 3.8) is 0 Å². The van der Waals surface area contributed by atoms with Crippen LogP contribution in [0.2, 0.25) is 0 Å². The summed E-state index contributed by atoms with van der Waals surface area (Å²) in [6, 6.07) is 5.60. The van der Waals surface area contributed by atoms with Crippen LogP contribution in [0.3, 0.4) is 0 Å². The number of unbranched alkanes of at least 4 members (excludes halogenated alkanes) is 1.